The highest BCUT2D eigenvalue weighted by Gasteiger charge is 2.10. The van der Waals surface area contributed by atoms with Crippen molar-refractivity contribution in [2.75, 3.05) is 13.2 Å². The third kappa shape index (κ3) is 35.7. The van der Waals surface area contributed by atoms with Gasteiger partial charge in [-0.25, -0.2) is 0 Å². The molecule has 0 heterocycles. The van der Waals surface area contributed by atoms with Gasteiger partial charge in [0.2, 0.25) is 0 Å². The van der Waals surface area contributed by atoms with E-state index in [0.717, 1.165) is 50.4 Å². The van der Waals surface area contributed by atoms with Crippen molar-refractivity contribution in [3.8, 4) is 11.5 Å². The van der Waals surface area contributed by atoms with Crippen LogP contribution in [0.15, 0.2) is 18.2 Å². The molecule has 55 heavy (non-hydrogen) atoms. The molecule has 0 saturated carbocycles. The van der Waals surface area contributed by atoms with E-state index in [1.54, 1.807) is 0 Å². The van der Waals surface area contributed by atoms with Crippen LogP contribution in [-0.2, 0) is 6.42 Å². The van der Waals surface area contributed by atoms with Crippen molar-refractivity contribution >= 4 is 0 Å². The number of benzene rings is 1. The van der Waals surface area contributed by atoms with Gasteiger partial charge in [-0.05, 0) is 31.4 Å². The molecule has 2 heteroatoms. The fourth-order valence-electron chi connectivity index (χ4n) is 8.39. The van der Waals surface area contributed by atoms with E-state index in [4.69, 9.17) is 9.47 Å². The number of hydrogen-bond donors (Lipinski definition) is 0. The molecule has 0 bridgehead atoms. The maximum absolute atomic E-state index is 6.34. The highest BCUT2D eigenvalue weighted by Crippen LogP contribution is 2.30. The summed E-state index contributed by atoms with van der Waals surface area (Å²) in [5.74, 6) is 2.11. The molecule has 0 fully saturated rings. The lowest BCUT2D eigenvalue weighted by atomic mass is 10.0. The maximum atomic E-state index is 6.34. The van der Waals surface area contributed by atoms with Crippen LogP contribution in [0.5, 0.6) is 11.5 Å². The molecule has 0 N–H and O–H groups in total. The third-order valence-electron chi connectivity index (χ3n) is 12.1. The minimum absolute atomic E-state index is 0.832. The first-order valence-electron chi connectivity index (χ1n) is 25.7. The lowest BCUT2D eigenvalue weighted by molar-refractivity contribution is 0.284. The molecule has 0 amide bonds. The zero-order chi connectivity index (χ0) is 39.4. The lowest BCUT2D eigenvalue weighted by Crippen LogP contribution is -2.04. The molecular formula is C53H100O2. The van der Waals surface area contributed by atoms with E-state index in [1.165, 1.54) is 250 Å². The summed E-state index contributed by atoms with van der Waals surface area (Å²) in [4.78, 5) is 0. The number of hydrogen-bond acceptors (Lipinski definition) is 2. The second kappa shape index (κ2) is 43.9. The predicted molar refractivity (Wildman–Crippen MR) is 247 cm³/mol. The first-order valence-corrected chi connectivity index (χ1v) is 25.7. The van der Waals surface area contributed by atoms with Crippen molar-refractivity contribution in [3.63, 3.8) is 0 Å². The first kappa shape index (κ1) is 51.8. The molecule has 0 unspecified atom stereocenters. The summed E-state index contributed by atoms with van der Waals surface area (Å²) in [7, 11) is 0. The van der Waals surface area contributed by atoms with Crippen molar-refractivity contribution in [2.24, 2.45) is 0 Å². The van der Waals surface area contributed by atoms with Gasteiger partial charge in [0.25, 0.3) is 0 Å². The summed E-state index contributed by atoms with van der Waals surface area (Å²) in [5, 5.41) is 0. The van der Waals surface area contributed by atoms with Crippen LogP contribution in [0.25, 0.3) is 0 Å². The quantitative estimate of drug-likeness (QED) is 0.0615. The highest BCUT2D eigenvalue weighted by atomic mass is 16.5. The second-order valence-corrected chi connectivity index (χ2v) is 17.6. The first-order chi connectivity index (χ1) is 27.3. The van der Waals surface area contributed by atoms with Crippen LogP contribution in [-0.4, -0.2) is 13.2 Å². The summed E-state index contributed by atoms with van der Waals surface area (Å²) in [6, 6.07) is 6.44. The molecule has 0 atom stereocenters. The molecule has 1 aromatic rings. The Morgan fingerprint density at radius 2 is 0.491 bits per heavy atom. The van der Waals surface area contributed by atoms with Gasteiger partial charge in [0, 0.05) is 5.56 Å². The van der Waals surface area contributed by atoms with Gasteiger partial charge in [0.15, 0.2) is 0 Å². The van der Waals surface area contributed by atoms with Gasteiger partial charge in [-0.2, -0.15) is 0 Å². The lowest BCUT2D eigenvalue weighted by Gasteiger charge is -2.16. The van der Waals surface area contributed by atoms with Crippen molar-refractivity contribution in [1.29, 1.82) is 0 Å². The summed E-state index contributed by atoms with van der Waals surface area (Å²) in [6.45, 7) is 8.54. The van der Waals surface area contributed by atoms with Crippen molar-refractivity contribution < 1.29 is 9.47 Å². The molecule has 0 radical (unpaired) electrons. The van der Waals surface area contributed by atoms with Crippen LogP contribution in [0.1, 0.15) is 290 Å². The van der Waals surface area contributed by atoms with Crippen molar-refractivity contribution in [3.05, 3.63) is 23.8 Å². The predicted octanol–water partition coefficient (Wildman–Crippen LogP) is 19.0. The van der Waals surface area contributed by atoms with Gasteiger partial charge in [0.05, 0.1) is 13.2 Å². The van der Waals surface area contributed by atoms with E-state index in [-0.39, 0.29) is 0 Å². The van der Waals surface area contributed by atoms with Gasteiger partial charge < -0.3 is 9.47 Å². The third-order valence-corrected chi connectivity index (χ3v) is 12.1. The fourth-order valence-corrected chi connectivity index (χ4v) is 8.39. The standard InChI is InChI=1S/C53H100O2/c1-4-7-9-11-13-15-17-19-21-23-25-27-29-31-33-35-37-39-41-43-49-54-52-47-45-48-53(51(52)46-6-3)55-50-44-42-40-38-36-34-32-30-28-26-24-22-20-18-16-14-12-10-8-5-2/h45,47-48H,4-44,46,49-50H2,1-3H3. The van der Waals surface area contributed by atoms with Crippen LogP contribution >= 0.6 is 0 Å². The zero-order valence-electron chi connectivity index (χ0n) is 38.2. The van der Waals surface area contributed by atoms with Crippen molar-refractivity contribution in [2.45, 2.75) is 290 Å². The molecule has 0 aliphatic heterocycles. The molecular weight excluding hydrogens is 669 g/mol. The molecule has 0 aromatic heterocycles. The molecule has 1 rings (SSSR count). The molecule has 0 aliphatic rings. The Labute approximate surface area is 347 Å². The van der Waals surface area contributed by atoms with Crippen molar-refractivity contribution in [1.82, 2.24) is 0 Å². The van der Waals surface area contributed by atoms with Gasteiger partial charge in [-0.15, -0.1) is 0 Å². The van der Waals surface area contributed by atoms with Crippen LogP contribution in [0, 0.1) is 0 Å². The Bertz CT molecular complexity index is 800. The molecule has 0 saturated heterocycles. The normalized spacial score (nSPS) is 11.5. The highest BCUT2D eigenvalue weighted by molar-refractivity contribution is 5.45. The largest absolute Gasteiger partial charge is 0.493 e. The smallest absolute Gasteiger partial charge is 0.126 e. The minimum atomic E-state index is 0.832. The van der Waals surface area contributed by atoms with Gasteiger partial charge >= 0.3 is 0 Å². The van der Waals surface area contributed by atoms with Gasteiger partial charge in [-0.1, -0.05) is 277 Å². The number of rotatable bonds is 46. The van der Waals surface area contributed by atoms with Crippen LogP contribution in [0.2, 0.25) is 0 Å². The summed E-state index contributed by atoms with van der Waals surface area (Å²) in [6.07, 6.45) is 59.0. The SMILES string of the molecule is CCCCCCCCCCCCCCCCCCCCCCOc1cccc(OCCCCCCCCCCCCCCCCCCCCCC)c1CCC. The monoisotopic (exact) mass is 769 g/mol. The van der Waals surface area contributed by atoms with E-state index < -0.39 is 0 Å². The van der Waals surface area contributed by atoms with Crippen LogP contribution in [0.4, 0.5) is 0 Å². The summed E-state index contributed by atoms with van der Waals surface area (Å²) >= 11 is 0. The number of unbranched alkanes of at least 4 members (excludes halogenated alkanes) is 38. The van der Waals surface area contributed by atoms with E-state index in [2.05, 4.69) is 39.0 Å². The average molecular weight is 769 g/mol. The molecule has 0 aliphatic carbocycles. The molecule has 0 spiro atoms. The van der Waals surface area contributed by atoms with Crippen LogP contribution < -0.4 is 9.47 Å². The van der Waals surface area contributed by atoms with E-state index >= 15 is 0 Å². The fraction of sp³-hybridized carbons (Fsp3) is 0.887. The molecule has 1 aromatic carbocycles. The van der Waals surface area contributed by atoms with E-state index in [9.17, 15) is 0 Å². The van der Waals surface area contributed by atoms with E-state index in [0.29, 0.717) is 0 Å². The topological polar surface area (TPSA) is 18.5 Å². The zero-order valence-corrected chi connectivity index (χ0v) is 38.2. The minimum Gasteiger partial charge on any atom is -0.493 e. The van der Waals surface area contributed by atoms with Gasteiger partial charge in [0.1, 0.15) is 11.5 Å². The molecule has 2 nitrogen and oxygen atoms in total. The Morgan fingerprint density at radius 3 is 0.709 bits per heavy atom. The summed E-state index contributed by atoms with van der Waals surface area (Å²) in [5.41, 5.74) is 1.28. The molecule has 324 valence electrons. The Balaban J connectivity index is 1.94. The number of ether oxygens (including phenoxy) is 2. The second-order valence-electron chi connectivity index (χ2n) is 17.6. The van der Waals surface area contributed by atoms with Crippen LogP contribution in [0.3, 0.4) is 0 Å². The summed E-state index contributed by atoms with van der Waals surface area (Å²) < 4.78 is 12.7. The Kier molecular flexibility index (Phi) is 41.4. The Hall–Kier alpha value is -1.18. The maximum Gasteiger partial charge on any atom is 0.126 e. The average Bonchev–Trinajstić information content (AvgIpc) is 3.20. The Morgan fingerprint density at radius 1 is 0.273 bits per heavy atom. The van der Waals surface area contributed by atoms with Gasteiger partial charge in [-0.3, -0.25) is 0 Å². The van der Waals surface area contributed by atoms with E-state index in [1.807, 2.05) is 0 Å².